The van der Waals surface area contributed by atoms with Crippen molar-refractivity contribution in [3.63, 3.8) is 0 Å². The van der Waals surface area contributed by atoms with Crippen molar-refractivity contribution in [3.05, 3.63) is 12.7 Å². The van der Waals surface area contributed by atoms with Crippen LogP contribution >= 0.6 is 0 Å². The lowest BCUT2D eigenvalue weighted by Gasteiger charge is -2.38. The number of rotatable bonds is 7. The van der Waals surface area contributed by atoms with Gasteiger partial charge in [-0.15, -0.1) is 6.58 Å². The molecule has 98 valence electrons. The van der Waals surface area contributed by atoms with Gasteiger partial charge in [0, 0.05) is 51.9 Å². The summed E-state index contributed by atoms with van der Waals surface area (Å²) in [6.45, 7) is 14.4. The molecule has 3 heteroatoms. The molecule has 0 radical (unpaired) electrons. The van der Waals surface area contributed by atoms with Gasteiger partial charge in [0.1, 0.15) is 0 Å². The van der Waals surface area contributed by atoms with Crippen LogP contribution in [0, 0.1) is 5.92 Å². The fourth-order valence-electron chi connectivity index (χ4n) is 2.58. The standard InChI is InChI=1S/C14H27N3/c1-3-6-15-11-13(2)17-9-7-16(8-10-17)12-14-4-5-14/h3,13-15H,1,4-12H2,2H3. The summed E-state index contributed by atoms with van der Waals surface area (Å²) < 4.78 is 0. The van der Waals surface area contributed by atoms with Gasteiger partial charge in [0.25, 0.3) is 0 Å². The molecule has 2 fully saturated rings. The summed E-state index contributed by atoms with van der Waals surface area (Å²) in [4.78, 5) is 5.26. The predicted octanol–water partition coefficient (Wildman–Crippen LogP) is 1.18. The molecule has 0 bridgehead atoms. The first-order valence-electron chi connectivity index (χ1n) is 7.07. The van der Waals surface area contributed by atoms with E-state index >= 15 is 0 Å². The van der Waals surface area contributed by atoms with E-state index in [-0.39, 0.29) is 0 Å². The Hall–Kier alpha value is -0.380. The smallest absolute Gasteiger partial charge is 0.0193 e. The van der Waals surface area contributed by atoms with Crippen LogP contribution in [-0.4, -0.2) is 61.7 Å². The molecule has 0 aromatic carbocycles. The normalized spacial score (nSPS) is 24.8. The number of piperazine rings is 1. The molecule has 3 nitrogen and oxygen atoms in total. The first kappa shape index (κ1) is 13.1. The highest BCUT2D eigenvalue weighted by Gasteiger charge is 2.27. The highest BCUT2D eigenvalue weighted by Crippen LogP contribution is 2.29. The Labute approximate surface area is 106 Å². The zero-order valence-corrected chi connectivity index (χ0v) is 11.2. The van der Waals surface area contributed by atoms with Crippen molar-refractivity contribution in [1.82, 2.24) is 15.1 Å². The van der Waals surface area contributed by atoms with Crippen molar-refractivity contribution in [3.8, 4) is 0 Å². The van der Waals surface area contributed by atoms with Gasteiger partial charge in [-0.1, -0.05) is 6.08 Å². The van der Waals surface area contributed by atoms with E-state index in [1.54, 1.807) is 0 Å². The van der Waals surface area contributed by atoms with E-state index in [9.17, 15) is 0 Å². The summed E-state index contributed by atoms with van der Waals surface area (Å²) in [6.07, 6.45) is 4.88. The highest BCUT2D eigenvalue weighted by atomic mass is 15.3. The maximum atomic E-state index is 3.73. The zero-order valence-electron chi connectivity index (χ0n) is 11.2. The minimum absolute atomic E-state index is 0.651. The fraction of sp³-hybridized carbons (Fsp3) is 0.857. The lowest BCUT2D eigenvalue weighted by molar-refractivity contribution is 0.0991. The molecule has 1 saturated heterocycles. The van der Waals surface area contributed by atoms with Gasteiger partial charge in [0.2, 0.25) is 0 Å². The van der Waals surface area contributed by atoms with E-state index < -0.39 is 0 Å². The van der Waals surface area contributed by atoms with Crippen LogP contribution in [-0.2, 0) is 0 Å². The molecule has 0 aromatic rings. The highest BCUT2D eigenvalue weighted by molar-refractivity contribution is 4.83. The molecule has 0 amide bonds. The summed E-state index contributed by atoms with van der Waals surface area (Å²) in [7, 11) is 0. The molecule has 0 aromatic heterocycles. The first-order valence-corrected chi connectivity index (χ1v) is 7.07. The van der Waals surface area contributed by atoms with E-state index in [1.165, 1.54) is 45.6 Å². The molecule has 1 unspecified atom stereocenters. The molecular weight excluding hydrogens is 210 g/mol. The van der Waals surface area contributed by atoms with E-state index in [0.29, 0.717) is 6.04 Å². The van der Waals surface area contributed by atoms with Gasteiger partial charge < -0.3 is 10.2 Å². The van der Waals surface area contributed by atoms with Crippen molar-refractivity contribution in [2.75, 3.05) is 45.8 Å². The van der Waals surface area contributed by atoms with Gasteiger partial charge >= 0.3 is 0 Å². The molecule has 1 saturated carbocycles. The summed E-state index contributed by atoms with van der Waals surface area (Å²) >= 11 is 0. The van der Waals surface area contributed by atoms with Crippen LogP contribution in [0.3, 0.4) is 0 Å². The molecule has 17 heavy (non-hydrogen) atoms. The van der Waals surface area contributed by atoms with Crippen LogP contribution in [0.15, 0.2) is 12.7 Å². The molecular formula is C14H27N3. The van der Waals surface area contributed by atoms with Crippen molar-refractivity contribution in [2.24, 2.45) is 5.92 Å². The van der Waals surface area contributed by atoms with Crippen molar-refractivity contribution < 1.29 is 0 Å². The lowest BCUT2D eigenvalue weighted by Crippen LogP contribution is -2.52. The summed E-state index contributed by atoms with van der Waals surface area (Å²) in [5, 5.41) is 3.41. The predicted molar refractivity (Wildman–Crippen MR) is 73.3 cm³/mol. The van der Waals surface area contributed by atoms with Gasteiger partial charge in [-0.05, 0) is 25.7 Å². The molecule has 1 atom stereocenters. The van der Waals surface area contributed by atoms with E-state index in [4.69, 9.17) is 0 Å². The van der Waals surface area contributed by atoms with Crippen LogP contribution in [0.1, 0.15) is 19.8 Å². The number of hydrogen-bond acceptors (Lipinski definition) is 3. The van der Waals surface area contributed by atoms with Gasteiger partial charge in [0.05, 0.1) is 0 Å². The molecule has 2 rings (SSSR count). The van der Waals surface area contributed by atoms with Gasteiger partial charge in [-0.2, -0.15) is 0 Å². The first-order chi connectivity index (χ1) is 8.29. The molecule has 1 N–H and O–H groups in total. The fourth-order valence-corrected chi connectivity index (χ4v) is 2.58. The minimum atomic E-state index is 0.651. The molecule has 1 heterocycles. The van der Waals surface area contributed by atoms with Crippen LogP contribution in [0.5, 0.6) is 0 Å². The second-order valence-corrected chi connectivity index (χ2v) is 5.58. The topological polar surface area (TPSA) is 18.5 Å². The third kappa shape index (κ3) is 4.41. The maximum Gasteiger partial charge on any atom is 0.0193 e. The monoisotopic (exact) mass is 237 g/mol. The Morgan fingerprint density at radius 2 is 2.00 bits per heavy atom. The molecule has 0 spiro atoms. The summed E-state index contributed by atoms with van der Waals surface area (Å²) in [5.74, 6) is 1.04. The molecule has 2 aliphatic rings. The Kier molecular flexibility index (Phi) is 5.01. The van der Waals surface area contributed by atoms with Crippen molar-refractivity contribution in [2.45, 2.75) is 25.8 Å². The van der Waals surface area contributed by atoms with Gasteiger partial charge in [0.15, 0.2) is 0 Å². The second-order valence-electron chi connectivity index (χ2n) is 5.58. The van der Waals surface area contributed by atoms with Crippen LogP contribution in [0.25, 0.3) is 0 Å². The molecule has 1 aliphatic carbocycles. The Bertz CT molecular complexity index is 230. The third-order valence-corrected chi connectivity index (χ3v) is 3.97. The summed E-state index contributed by atoms with van der Waals surface area (Å²) in [6, 6.07) is 0.651. The average molecular weight is 237 g/mol. The average Bonchev–Trinajstić information content (AvgIpc) is 3.14. The van der Waals surface area contributed by atoms with E-state index in [0.717, 1.165) is 19.0 Å². The number of nitrogens with one attached hydrogen (secondary N) is 1. The van der Waals surface area contributed by atoms with Crippen molar-refractivity contribution in [1.29, 1.82) is 0 Å². The second kappa shape index (κ2) is 6.53. The van der Waals surface area contributed by atoms with E-state index in [1.807, 2.05) is 6.08 Å². The van der Waals surface area contributed by atoms with Gasteiger partial charge in [-0.3, -0.25) is 4.90 Å². The van der Waals surface area contributed by atoms with Gasteiger partial charge in [-0.25, -0.2) is 0 Å². The van der Waals surface area contributed by atoms with Crippen LogP contribution < -0.4 is 5.32 Å². The zero-order chi connectivity index (χ0) is 12.1. The van der Waals surface area contributed by atoms with E-state index in [2.05, 4.69) is 28.6 Å². The number of hydrogen-bond donors (Lipinski definition) is 1. The number of nitrogens with zero attached hydrogens (tertiary/aromatic N) is 2. The SMILES string of the molecule is C=CCNCC(C)N1CCN(CC2CC2)CC1. The Morgan fingerprint density at radius 3 is 2.59 bits per heavy atom. The quantitative estimate of drug-likeness (QED) is 0.530. The summed E-state index contributed by atoms with van der Waals surface area (Å²) in [5.41, 5.74) is 0. The van der Waals surface area contributed by atoms with Crippen LogP contribution in [0.4, 0.5) is 0 Å². The Balaban J connectivity index is 1.61. The minimum Gasteiger partial charge on any atom is -0.312 e. The molecule has 1 aliphatic heterocycles. The lowest BCUT2D eigenvalue weighted by atomic mass is 10.2. The third-order valence-electron chi connectivity index (χ3n) is 3.97. The maximum absolute atomic E-state index is 3.73. The largest absolute Gasteiger partial charge is 0.312 e. The van der Waals surface area contributed by atoms with Crippen molar-refractivity contribution >= 4 is 0 Å². The van der Waals surface area contributed by atoms with Crippen LogP contribution in [0.2, 0.25) is 0 Å². The Morgan fingerprint density at radius 1 is 1.29 bits per heavy atom.